The summed E-state index contributed by atoms with van der Waals surface area (Å²) in [6.45, 7) is -3.11. The van der Waals surface area contributed by atoms with E-state index in [2.05, 4.69) is 10.1 Å². The Balaban J connectivity index is 1.60. The Labute approximate surface area is 227 Å². The molecule has 0 unspecified atom stereocenters. The summed E-state index contributed by atoms with van der Waals surface area (Å²) in [5, 5.41) is 12.6. The molecule has 0 heterocycles. The summed E-state index contributed by atoms with van der Waals surface area (Å²) in [4.78, 5) is 39.8. The van der Waals surface area contributed by atoms with Crippen LogP contribution in [0, 0.1) is 0 Å². The van der Waals surface area contributed by atoms with Gasteiger partial charge in [0.15, 0.2) is 5.78 Å². The van der Waals surface area contributed by atoms with E-state index in [1.165, 1.54) is 36.4 Å². The molecule has 0 fully saturated rings. The standard InChI is InChI=1S/C29H21ClF2N2O5/c1-34(23-12-8-21(30)9-13-23)22-10-6-17(7-11-22)26(35)18-14-19(16-20(15-18)28(37)38)27(36)33-24-4-2-3-5-25(24)39-29(31)32/h2-16,29H,1H3,(H,33,36)(H,37,38). The summed E-state index contributed by atoms with van der Waals surface area (Å²) in [5.41, 5.74) is 1.42. The van der Waals surface area contributed by atoms with E-state index in [1.807, 2.05) is 24.1 Å². The van der Waals surface area contributed by atoms with Crippen LogP contribution in [-0.2, 0) is 0 Å². The molecule has 198 valence electrons. The quantitative estimate of drug-likeness (QED) is 0.220. The van der Waals surface area contributed by atoms with Gasteiger partial charge in [-0.25, -0.2) is 4.79 Å². The van der Waals surface area contributed by atoms with Crippen LogP contribution >= 0.6 is 11.6 Å². The number of carbonyl (C=O) groups excluding carboxylic acids is 2. The topological polar surface area (TPSA) is 95.9 Å². The number of carbonyl (C=O) groups is 3. The first-order valence-electron chi connectivity index (χ1n) is 11.5. The van der Waals surface area contributed by atoms with Crippen molar-refractivity contribution >= 4 is 46.3 Å². The number of carboxylic acids is 1. The van der Waals surface area contributed by atoms with Gasteiger partial charge >= 0.3 is 12.6 Å². The number of nitrogens with one attached hydrogen (secondary N) is 1. The zero-order valence-electron chi connectivity index (χ0n) is 20.4. The molecule has 0 saturated carbocycles. The largest absolute Gasteiger partial charge is 0.478 e. The van der Waals surface area contributed by atoms with Gasteiger partial charge in [-0.2, -0.15) is 8.78 Å². The number of benzene rings is 4. The van der Waals surface area contributed by atoms with Crippen LogP contribution in [0.3, 0.4) is 0 Å². The van der Waals surface area contributed by atoms with E-state index in [-0.39, 0.29) is 33.7 Å². The van der Waals surface area contributed by atoms with Crippen LogP contribution in [0.4, 0.5) is 25.8 Å². The third-order valence-electron chi connectivity index (χ3n) is 5.79. The predicted molar refractivity (Wildman–Crippen MR) is 144 cm³/mol. The maximum absolute atomic E-state index is 13.3. The average Bonchev–Trinajstić information content (AvgIpc) is 2.93. The van der Waals surface area contributed by atoms with Crippen LogP contribution in [-0.4, -0.2) is 36.4 Å². The molecule has 0 aliphatic heterocycles. The third-order valence-corrected chi connectivity index (χ3v) is 6.04. The van der Waals surface area contributed by atoms with Gasteiger partial charge in [0.2, 0.25) is 0 Å². The van der Waals surface area contributed by atoms with E-state index in [0.717, 1.165) is 17.4 Å². The molecule has 0 saturated heterocycles. The molecule has 1 amide bonds. The first kappa shape index (κ1) is 27.3. The molecule has 0 aliphatic rings. The number of hydrogen-bond donors (Lipinski definition) is 2. The molecule has 0 radical (unpaired) electrons. The normalized spacial score (nSPS) is 10.7. The maximum atomic E-state index is 13.3. The number of rotatable bonds is 9. The van der Waals surface area contributed by atoms with Crippen molar-refractivity contribution in [3.05, 3.63) is 118 Å². The van der Waals surface area contributed by atoms with Gasteiger partial charge in [0.1, 0.15) is 5.75 Å². The summed E-state index contributed by atoms with van der Waals surface area (Å²) in [7, 11) is 1.85. The fraction of sp³-hybridized carbons (Fsp3) is 0.0690. The van der Waals surface area contributed by atoms with Crippen LogP contribution < -0.4 is 15.0 Å². The van der Waals surface area contributed by atoms with Gasteiger partial charge in [0.25, 0.3) is 5.91 Å². The van der Waals surface area contributed by atoms with E-state index in [0.29, 0.717) is 5.02 Å². The molecular formula is C29H21ClF2N2O5. The molecule has 0 bridgehead atoms. The molecule has 0 aliphatic carbocycles. The molecular weight excluding hydrogens is 530 g/mol. The van der Waals surface area contributed by atoms with E-state index >= 15 is 0 Å². The molecule has 0 atom stereocenters. The number of anilines is 3. The Bertz CT molecular complexity index is 1530. The number of halogens is 3. The molecule has 2 N–H and O–H groups in total. The molecule has 4 rings (SSSR count). The summed E-state index contributed by atoms with van der Waals surface area (Å²) in [6.07, 6.45) is 0. The van der Waals surface area contributed by atoms with Crippen molar-refractivity contribution in [1.29, 1.82) is 0 Å². The lowest BCUT2D eigenvalue weighted by Crippen LogP contribution is -2.16. The molecule has 39 heavy (non-hydrogen) atoms. The van der Waals surface area contributed by atoms with E-state index in [1.54, 1.807) is 36.4 Å². The van der Waals surface area contributed by atoms with Crippen molar-refractivity contribution in [2.75, 3.05) is 17.3 Å². The first-order valence-corrected chi connectivity index (χ1v) is 11.9. The second kappa shape index (κ2) is 11.7. The van der Waals surface area contributed by atoms with Gasteiger partial charge in [-0.1, -0.05) is 23.7 Å². The summed E-state index contributed by atoms with van der Waals surface area (Å²) >= 11 is 5.95. The number of ketones is 1. The van der Waals surface area contributed by atoms with Gasteiger partial charge in [-0.15, -0.1) is 0 Å². The molecule has 0 aromatic heterocycles. The lowest BCUT2D eigenvalue weighted by atomic mass is 9.98. The molecule has 0 spiro atoms. The monoisotopic (exact) mass is 550 g/mol. The highest BCUT2D eigenvalue weighted by Gasteiger charge is 2.19. The number of amides is 1. The van der Waals surface area contributed by atoms with Crippen molar-refractivity contribution in [3.63, 3.8) is 0 Å². The summed E-state index contributed by atoms with van der Waals surface area (Å²) < 4.78 is 29.9. The van der Waals surface area contributed by atoms with Gasteiger partial charge in [-0.3, -0.25) is 9.59 Å². The molecule has 10 heteroatoms. The van der Waals surface area contributed by atoms with Crippen LogP contribution in [0.2, 0.25) is 5.02 Å². The fourth-order valence-corrected chi connectivity index (χ4v) is 3.92. The number of para-hydroxylation sites is 2. The highest BCUT2D eigenvalue weighted by Crippen LogP contribution is 2.28. The number of alkyl halides is 2. The van der Waals surface area contributed by atoms with Gasteiger partial charge < -0.3 is 20.1 Å². The van der Waals surface area contributed by atoms with Crippen molar-refractivity contribution in [3.8, 4) is 5.75 Å². The Morgan fingerprint density at radius 3 is 2.00 bits per heavy atom. The van der Waals surface area contributed by atoms with E-state index in [4.69, 9.17) is 11.6 Å². The maximum Gasteiger partial charge on any atom is 0.387 e. The van der Waals surface area contributed by atoms with Gasteiger partial charge in [0, 0.05) is 40.1 Å². The number of ether oxygens (including phenoxy) is 1. The van der Waals surface area contributed by atoms with Crippen LogP contribution in [0.25, 0.3) is 0 Å². The Kier molecular flexibility index (Phi) is 8.21. The van der Waals surface area contributed by atoms with Crippen molar-refractivity contribution < 1.29 is 33.0 Å². The van der Waals surface area contributed by atoms with E-state index in [9.17, 15) is 28.3 Å². The lowest BCUT2D eigenvalue weighted by Gasteiger charge is -2.19. The van der Waals surface area contributed by atoms with E-state index < -0.39 is 24.3 Å². The van der Waals surface area contributed by atoms with Crippen LogP contribution in [0.15, 0.2) is 91.0 Å². The van der Waals surface area contributed by atoms with Crippen molar-refractivity contribution in [2.24, 2.45) is 0 Å². The molecule has 4 aromatic carbocycles. The Hall–Kier alpha value is -4.76. The number of hydrogen-bond acceptors (Lipinski definition) is 5. The summed E-state index contributed by atoms with van der Waals surface area (Å²) in [6, 6.07) is 22.9. The Morgan fingerprint density at radius 1 is 0.821 bits per heavy atom. The van der Waals surface area contributed by atoms with Crippen LogP contribution in [0.1, 0.15) is 36.6 Å². The van der Waals surface area contributed by atoms with Crippen LogP contribution in [0.5, 0.6) is 5.75 Å². The zero-order chi connectivity index (χ0) is 28.1. The lowest BCUT2D eigenvalue weighted by molar-refractivity contribution is -0.0493. The second-order valence-electron chi connectivity index (χ2n) is 8.34. The highest BCUT2D eigenvalue weighted by atomic mass is 35.5. The minimum absolute atomic E-state index is 0.0315. The average molecular weight is 551 g/mol. The molecule has 4 aromatic rings. The molecule has 7 nitrogen and oxygen atoms in total. The highest BCUT2D eigenvalue weighted by molar-refractivity contribution is 6.30. The van der Waals surface area contributed by atoms with Gasteiger partial charge in [0.05, 0.1) is 11.3 Å². The first-order chi connectivity index (χ1) is 18.6. The second-order valence-corrected chi connectivity index (χ2v) is 8.78. The van der Waals surface area contributed by atoms with Gasteiger partial charge in [-0.05, 0) is 78.9 Å². The zero-order valence-corrected chi connectivity index (χ0v) is 21.2. The minimum atomic E-state index is -3.11. The minimum Gasteiger partial charge on any atom is -0.478 e. The number of aromatic carboxylic acids is 1. The summed E-state index contributed by atoms with van der Waals surface area (Å²) in [5.74, 6) is -2.93. The van der Waals surface area contributed by atoms with Crippen molar-refractivity contribution in [2.45, 2.75) is 6.61 Å². The smallest absolute Gasteiger partial charge is 0.387 e. The Morgan fingerprint density at radius 2 is 1.38 bits per heavy atom. The predicted octanol–water partition coefficient (Wildman–Crippen LogP) is 6.89. The third kappa shape index (κ3) is 6.58. The number of nitrogens with zero attached hydrogens (tertiary/aromatic N) is 1. The van der Waals surface area contributed by atoms with Crippen molar-refractivity contribution in [1.82, 2.24) is 0 Å². The fourth-order valence-electron chi connectivity index (χ4n) is 3.79. The SMILES string of the molecule is CN(c1ccc(Cl)cc1)c1ccc(C(=O)c2cc(C(=O)O)cc(C(=O)Nc3ccccc3OC(F)F)c2)cc1. The number of carboxylic acid groups (broad SMARTS) is 1.